The molecule has 3 aromatic carbocycles. The summed E-state index contributed by atoms with van der Waals surface area (Å²) in [5.74, 6) is -0.235. The third-order valence-electron chi connectivity index (χ3n) is 7.39. The van der Waals surface area contributed by atoms with E-state index in [1.807, 2.05) is 13.8 Å². The largest absolute Gasteiger partial charge is 0.488 e. The number of sulfonamides is 2. The molecule has 0 aliphatic carbocycles. The van der Waals surface area contributed by atoms with Gasteiger partial charge in [-0.1, -0.05) is 42.8 Å². The van der Waals surface area contributed by atoms with Crippen LogP contribution in [0.15, 0.2) is 82.6 Å². The highest BCUT2D eigenvalue weighted by Crippen LogP contribution is 2.30. The Hall–Kier alpha value is -3.45. The third kappa shape index (κ3) is 7.12. The molecular formula is C30H37N3O7S2. The number of anilines is 1. The van der Waals surface area contributed by atoms with Crippen LogP contribution in [0, 0.1) is 12.8 Å². The summed E-state index contributed by atoms with van der Waals surface area (Å²) in [7, 11) is -6.22. The summed E-state index contributed by atoms with van der Waals surface area (Å²) in [6, 6.07) is 18.7. The van der Waals surface area contributed by atoms with Crippen LogP contribution in [0.1, 0.15) is 25.0 Å². The Balaban J connectivity index is 1.68. The molecule has 2 N–H and O–H groups in total. The molecule has 226 valence electrons. The van der Waals surface area contributed by atoms with E-state index in [0.717, 1.165) is 5.56 Å². The molecule has 12 heteroatoms. The van der Waals surface area contributed by atoms with Crippen LogP contribution in [0.3, 0.4) is 0 Å². The highest BCUT2D eigenvalue weighted by Gasteiger charge is 2.33. The van der Waals surface area contributed by atoms with E-state index < -0.39 is 32.2 Å². The van der Waals surface area contributed by atoms with E-state index in [-0.39, 0.29) is 53.4 Å². The number of hydrogen-bond acceptors (Lipinski definition) is 7. The van der Waals surface area contributed by atoms with E-state index in [0.29, 0.717) is 11.3 Å². The molecule has 1 aliphatic heterocycles. The Morgan fingerprint density at radius 1 is 1.02 bits per heavy atom. The number of aliphatic hydroxyl groups is 1. The molecule has 3 atom stereocenters. The lowest BCUT2D eigenvalue weighted by molar-refractivity contribution is -0.134. The number of nitrogens with zero attached hydrogens (tertiary/aromatic N) is 2. The summed E-state index contributed by atoms with van der Waals surface area (Å²) in [5, 5.41) is 9.87. The van der Waals surface area contributed by atoms with Crippen molar-refractivity contribution in [2.75, 3.05) is 31.5 Å². The van der Waals surface area contributed by atoms with Crippen molar-refractivity contribution in [3.8, 4) is 5.75 Å². The van der Waals surface area contributed by atoms with Gasteiger partial charge in [-0.3, -0.25) is 9.52 Å². The number of carbonyl (C=O) groups is 1. The fraction of sp³-hybridized carbons (Fsp3) is 0.367. The Morgan fingerprint density at radius 3 is 2.33 bits per heavy atom. The summed E-state index contributed by atoms with van der Waals surface area (Å²) in [6.45, 7) is 5.45. The molecule has 0 saturated carbocycles. The van der Waals surface area contributed by atoms with Crippen molar-refractivity contribution in [1.29, 1.82) is 0 Å². The first-order valence-corrected chi connectivity index (χ1v) is 16.5. The SMILES string of the molecule is Cc1ccc(S(=O)(=O)N(C)C[C@@H]2Oc3ccc(NS(=O)(=O)c4ccccc4)cc3CC(=O)N([C@@H](C)CO)C[C@@H]2C)cc1. The van der Waals surface area contributed by atoms with E-state index in [1.54, 1.807) is 72.5 Å². The van der Waals surface area contributed by atoms with Gasteiger partial charge in [0.25, 0.3) is 10.0 Å². The fourth-order valence-corrected chi connectivity index (χ4v) is 7.02. The van der Waals surface area contributed by atoms with Crippen LogP contribution < -0.4 is 9.46 Å². The Morgan fingerprint density at radius 2 is 1.69 bits per heavy atom. The number of hydrogen-bond donors (Lipinski definition) is 2. The molecule has 1 aliphatic rings. The molecule has 0 spiro atoms. The minimum atomic E-state index is -3.88. The van der Waals surface area contributed by atoms with Crippen molar-refractivity contribution in [2.24, 2.45) is 5.92 Å². The molecule has 0 unspecified atom stereocenters. The highest BCUT2D eigenvalue weighted by molar-refractivity contribution is 7.92. The quantitative estimate of drug-likeness (QED) is 0.378. The average Bonchev–Trinajstić information content (AvgIpc) is 3.00. The zero-order chi connectivity index (χ0) is 30.7. The molecule has 1 amide bonds. The Bertz CT molecular complexity index is 1610. The summed E-state index contributed by atoms with van der Waals surface area (Å²) in [4.78, 5) is 15.3. The van der Waals surface area contributed by atoms with Crippen LogP contribution in [0.4, 0.5) is 5.69 Å². The average molecular weight is 616 g/mol. The highest BCUT2D eigenvalue weighted by atomic mass is 32.2. The zero-order valence-electron chi connectivity index (χ0n) is 24.1. The zero-order valence-corrected chi connectivity index (χ0v) is 25.7. The molecule has 3 aromatic rings. The lowest BCUT2D eigenvalue weighted by atomic mass is 10.0. The number of amides is 1. The number of ether oxygens (including phenoxy) is 1. The molecular weight excluding hydrogens is 578 g/mol. The van der Waals surface area contributed by atoms with Gasteiger partial charge in [0.2, 0.25) is 15.9 Å². The summed E-state index contributed by atoms with van der Waals surface area (Å²) in [5.41, 5.74) is 1.62. The third-order valence-corrected chi connectivity index (χ3v) is 10.6. The number of aliphatic hydroxyl groups excluding tert-OH is 1. The van der Waals surface area contributed by atoms with Crippen molar-refractivity contribution in [3.63, 3.8) is 0 Å². The Labute approximate surface area is 248 Å². The maximum Gasteiger partial charge on any atom is 0.261 e. The van der Waals surface area contributed by atoms with Gasteiger partial charge in [0.15, 0.2) is 0 Å². The van der Waals surface area contributed by atoms with Crippen LogP contribution in [0.2, 0.25) is 0 Å². The van der Waals surface area contributed by atoms with Crippen LogP contribution in [-0.4, -0.2) is 75.9 Å². The van der Waals surface area contributed by atoms with Gasteiger partial charge in [0.1, 0.15) is 11.9 Å². The molecule has 10 nitrogen and oxygen atoms in total. The summed E-state index contributed by atoms with van der Waals surface area (Å²) in [6.07, 6.45) is -0.766. The Kier molecular flexibility index (Phi) is 9.61. The van der Waals surface area contributed by atoms with Crippen molar-refractivity contribution in [3.05, 3.63) is 83.9 Å². The number of rotatable bonds is 9. The fourth-order valence-electron chi connectivity index (χ4n) is 4.77. The number of benzene rings is 3. The number of aryl methyl sites for hydroxylation is 1. The first-order chi connectivity index (χ1) is 19.8. The second-order valence-corrected chi connectivity index (χ2v) is 14.5. The second-order valence-electron chi connectivity index (χ2n) is 10.7. The van der Waals surface area contributed by atoms with Gasteiger partial charge in [0, 0.05) is 30.8 Å². The predicted molar refractivity (Wildman–Crippen MR) is 160 cm³/mol. The smallest absolute Gasteiger partial charge is 0.261 e. The standard InChI is InChI=1S/C30H37N3O7S2/c1-21-10-13-27(14-11-21)42(38,39)32(4)19-29-22(2)18-33(23(3)20-34)30(35)17-24-16-25(12-15-28(24)40-29)31-41(36,37)26-8-6-5-7-9-26/h5-16,22-23,29,31,34H,17-20H2,1-4H3/t22-,23-,29-/m0/s1. The van der Waals surface area contributed by atoms with Gasteiger partial charge >= 0.3 is 0 Å². The van der Waals surface area contributed by atoms with Gasteiger partial charge in [-0.05, 0) is 56.3 Å². The first-order valence-electron chi connectivity index (χ1n) is 13.6. The monoisotopic (exact) mass is 615 g/mol. The van der Waals surface area contributed by atoms with Gasteiger partial charge in [0.05, 0.1) is 35.4 Å². The lowest BCUT2D eigenvalue weighted by Crippen LogP contribution is -2.48. The first kappa shape index (κ1) is 31.5. The normalized spacial score (nSPS) is 18.8. The molecule has 0 fully saturated rings. The maximum atomic E-state index is 13.5. The van der Waals surface area contributed by atoms with Gasteiger partial charge in [-0.2, -0.15) is 4.31 Å². The van der Waals surface area contributed by atoms with E-state index in [9.17, 15) is 26.7 Å². The van der Waals surface area contributed by atoms with Crippen LogP contribution in [-0.2, 0) is 31.3 Å². The summed E-state index contributed by atoms with van der Waals surface area (Å²) < 4.78 is 62.8. The van der Waals surface area contributed by atoms with Crippen molar-refractivity contribution >= 4 is 31.6 Å². The van der Waals surface area contributed by atoms with E-state index >= 15 is 0 Å². The van der Waals surface area contributed by atoms with E-state index in [2.05, 4.69) is 4.72 Å². The topological polar surface area (TPSA) is 133 Å². The number of likely N-dealkylation sites (N-methyl/N-ethyl adjacent to an activating group) is 1. The molecule has 0 saturated heterocycles. The van der Waals surface area contributed by atoms with Crippen LogP contribution in [0.25, 0.3) is 0 Å². The minimum absolute atomic E-state index is 0.00522. The van der Waals surface area contributed by atoms with Gasteiger partial charge in [-0.25, -0.2) is 16.8 Å². The number of carbonyl (C=O) groups excluding carboxylic acids is 1. The second kappa shape index (κ2) is 12.8. The summed E-state index contributed by atoms with van der Waals surface area (Å²) >= 11 is 0. The lowest BCUT2D eigenvalue weighted by Gasteiger charge is -2.33. The molecule has 0 radical (unpaired) electrons. The minimum Gasteiger partial charge on any atom is -0.488 e. The van der Waals surface area contributed by atoms with Crippen molar-refractivity contribution < 1.29 is 31.5 Å². The number of nitrogens with one attached hydrogen (secondary N) is 1. The number of fused-ring (bicyclic) bond motifs is 1. The molecule has 4 rings (SSSR count). The van der Waals surface area contributed by atoms with Gasteiger partial charge < -0.3 is 14.7 Å². The molecule has 1 heterocycles. The van der Waals surface area contributed by atoms with Crippen LogP contribution >= 0.6 is 0 Å². The molecule has 0 aromatic heterocycles. The van der Waals surface area contributed by atoms with Crippen molar-refractivity contribution in [2.45, 2.75) is 49.1 Å². The van der Waals surface area contributed by atoms with E-state index in [1.165, 1.54) is 23.5 Å². The van der Waals surface area contributed by atoms with Gasteiger partial charge in [-0.15, -0.1) is 0 Å². The van der Waals surface area contributed by atoms with E-state index in [4.69, 9.17) is 4.74 Å². The predicted octanol–water partition coefficient (Wildman–Crippen LogP) is 3.27. The van der Waals surface area contributed by atoms with Crippen molar-refractivity contribution in [1.82, 2.24) is 9.21 Å². The molecule has 0 bridgehead atoms. The maximum absolute atomic E-state index is 13.5. The molecule has 42 heavy (non-hydrogen) atoms. The van der Waals surface area contributed by atoms with Crippen LogP contribution in [0.5, 0.6) is 5.75 Å².